The van der Waals surface area contributed by atoms with E-state index in [1.165, 1.54) is 5.56 Å². The molecular formula is C18H29N3O2S. The van der Waals surface area contributed by atoms with Crippen LogP contribution < -0.4 is 10.6 Å². The summed E-state index contributed by atoms with van der Waals surface area (Å²) < 4.78 is 23.2. The molecule has 0 radical (unpaired) electrons. The Morgan fingerprint density at radius 2 is 2.00 bits per heavy atom. The van der Waals surface area contributed by atoms with Crippen molar-refractivity contribution in [1.82, 2.24) is 10.6 Å². The van der Waals surface area contributed by atoms with Gasteiger partial charge in [-0.25, -0.2) is 8.42 Å². The van der Waals surface area contributed by atoms with Gasteiger partial charge in [-0.05, 0) is 24.8 Å². The smallest absolute Gasteiger partial charge is 0.191 e. The Labute approximate surface area is 145 Å². The Kier molecular flexibility index (Phi) is 6.66. The third kappa shape index (κ3) is 5.51. The Balaban J connectivity index is 2.06. The van der Waals surface area contributed by atoms with Gasteiger partial charge in [-0.15, -0.1) is 0 Å². The summed E-state index contributed by atoms with van der Waals surface area (Å²) in [5.41, 5.74) is 1.29. The number of sulfone groups is 1. The van der Waals surface area contributed by atoms with E-state index in [1.54, 1.807) is 0 Å². The van der Waals surface area contributed by atoms with Gasteiger partial charge in [-0.3, -0.25) is 4.99 Å². The SMILES string of the molecule is CCNC(=NCC(c1ccccc1)C(C)C)NC1CCS(=O)(=O)C1. The van der Waals surface area contributed by atoms with E-state index in [-0.39, 0.29) is 17.5 Å². The van der Waals surface area contributed by atoms with E-state index >= 15 is 0 Å². The van der Waals surface area contributed by atoms with E-state index in [4.69, 9.17) is 4.99 Å². The summed E-state index contributed by atoms with van der Waals surface area (Å²) in [6.45, 7) is 7.85. The van der Waals surface area contributed by atoms with E-state index in [9.17, 15) is 8.42 Å². The molecule has 0 aliphatic carbocycles. The van der Waals surface area contributed by atoms with Crippen LogP contribution in [0, 0.1) is 5.92 Å². The van der Waals surface area contributed by atoms with Crippen LogP contribution >= 0.6 is 0 Å². The molecule has 0 aromatic heterocycles. The van der Waals surface area contributed by atoms with Crippen molar-refractivity contribution in [3.8, 4) is 0 Å². The molecule has 5 nitrogen and oxygen atoms in total. The second kappa shape index (κ2) is 8.51. The first-order valence-electron chi connectivity index (χ1n) is 8.71. The molecule has 0 bridgehead atoms. The fraction of sp³-hybridized carbons (Fsp3) is 0.611. The van der Waals surface area contributed by atoms with Crippen LogP contribution in [0.5, 0.6) is 0 Å². The third-order valence-electron chi connectivity index (χ3n) is 4.40. The van der Waals surface area contributed by atoms with Gasteiger partial charge in [0, 0.05) is 25.0 Å². The molecule has 2 atom stereocenters. The molecule has 6 heteroatoms. The summed E-state index contributed by atoms with van der Waals surface area (Å²) in [6.07, 6.45) is 0.652. The highest BCUT2D eigenvalue weighted by molar-refractivity contribution is 7.91. The zero-order valence-electron chi connectivity index (χ0n) is 14.8. The number of hydrogen-bond donors (Lipinski definition) is 2. The molecule has 134 valence electrons. The molecule has 2 unspecified atom stereocenters. The number of nitrogens with one attached hydrogen (secondary N) is 2. The minimum Gasteiger partial charge on any atom is -0.357 e. The van der Waals surface area contributed by atoms with Crippen LogP contribution in [-0.2, 0) is 9.84 Å². The van der Waals surface area contributed by atoms with Crippen LogP contribution in [0.25, 0.3) is 0 Å². The fourth-order valence-corrected chi connectivity index (χ4v) is 4.69. The maximum absolute atomic E-state index is 11.6. The lowest BCUT2D eigenvalue weighted by atomic mass is 9.88. The van der Waals surface area contributed by atoms with Crippen LogP contribution in [0.4, 0.5) is 0 Å². The lowest BCUT2D eigenvalue weighted by Crippen LogP contribution is -2.44. The molecule has 1 saturated heterocycles. The normalized spacial score (nSPS) is 21.7. The van der Waals surface area contributed by atoms with Crippen molar-refractivity contribution in [2.75, 3.05) is 24.6 Å². The van der Waals surface area contributed by atoms with Crippen molar-refractivity contribution in [3.05, 3.63) is 35.9 Å². The maximum atomic E-state index is 11.6. The topological polar surface area (TPSA) is 70.6 Å². The van der Waals surface area contributed by atoms with Gasteiger partial charge >= 0.3 is 0 Å². The second-order valence-electron chi connectivity index (χ2n) is 6.73. The van der Waals surface area contributed by atoms with Crippen LogP contribution in [0.2, 0.25) is 0 Å². The standard InChI is InChI=1S/C18H29N3O2S/c1-4-19-18(21-16-10-11-24(22,23)13-16)20-12-17(14(2)3)15-8-6-5-7-9-15/h5-9,14,16-17H,4,10-13H2,1-3H3,(H2,19,20,21). The van der Waals surface area contributed by atoms with Crippen LogP contribution in [0.1, 0.15) is 38.7 Å². The summed E-state index contributed by atoms with van der Waals surface area (Å²) in [4.78, 5) is 4.72. The van der Waals surface area contributed by atoms with Gasteiger partial charge < -0.3 is 10.6 Å². The zero-order chi connectivity index (χ0) is 17.6. The molecule has 1 fully saturated rings. The van der Waals surface area contributed by atoms with Crippen molar-refractivity contribution in [3.63, 3.8) is 0 Å². The second-order valence-corrected chi connectivity index (χ2v) is 8.95. The zero-order valence-corrected chi connectivity index (χ0v) is 15.6. The van der Waals surface area contributed by atoms with Gasteiger partial charge in [0.25, 0.3) is 0 Å². The molecule has 0 saturated carbocycles. The highest BCUT2D eigenvalue weighted by Crippen LogP contribution is 2.24. The first-order chi connectivity index (χ1) is 11.4. The molecular weight excluding hydrogens is 322 g/mol. The third-order valence-corrected chi connectivity index (χ3v) is 6.16. The summed E-state index contributed by atoms with van der Waals surface area (Å²) >= 11 is 0. The predicted molar refractivity (Wildman–Crippen MR) is 100 cm³/mol. The lowest BCUT2D eigenvalue weighted by molar-refractivity contribution is 0.505. The predicted octanol–water partition coefficient (Wildman–Crippen LogP) is 2.17. The van der Waals surface area contributed by atoms with E-state index in [0.717, 1.165) is 6.54 Å². The Morgan fingerprint density at radius 1 is 1.29 bits per heavy atom. The fourth-order valence-electron chi connectivity index (χ4n) is 3.01. The first-order valence-corrected chi connectivity index (χ1v) is 10.5. The van der Waals surface area contributed by atoms with Crippen molar-refractivity contribution < 1.29 is 8.42 Å². The van der Waals surface area contributed by atoms with Crippen LogP contribution in [0.15, 0.2) is 35.3 Å². The number of aliphatic imine (C=N–C) groups is 1. The Bertz CT molecular complexity index is 641. The largest absolute Gasteiger partial charge is 0.357 e. The molecule has 24 heavy (non-hydrogen) atoms. The Hall–Kier alpha value is -1.56. The van der Waals surface area contributed by atoms with E-state index < -0.39 is 9.84 Å². The number of nitrogens with zero attached hydrogens (tertiary/aromatic N) is 1. The number of benzene rings is 1. The summed E-state index contributed by atoms with van der Waals surface area (Å²) in [7, 11) is -2.89. The minimum absolute atomic E-state index is 0.0398. The number of hydrogen-bond acceptors (Lipinski definition) is 3. The van der Waals surface area contributed by atoms with Gasteiger partial charge in [0.2, 0.25) is 0 Å². The van der Waals surface area contributed by atoms with Gasteiger partial charge in [0.1, 0.15) is 0 Å². The van der Waals surface area contributed by atoms with Gasteiger partial charge in [-0.2, -0.15) is 0 Å². The van der Waals surface area contributed by atoms with Crippen molar-refractivity contribution in [1.29, 1.82) is 0 Å². The average Bonchev–Trinajstić information content (AvgIpc) is 2.87. The highest BCUT2D eigenvalue weighted by atomic mass is 32.2. The number of guanidine groups is 1. The summed E-state index contributed by atoms with van der Waals surface area (Å²) in [6, 6.07) is 10.4. The molecule has 1 aliphatic rings. The molecule has 1 aliphatic heterocycles. The van der Waals surface area contributed by atoms with Crippen molar-refractivity contribution in [2.45, 2.75) is 39.2 Å². The minimum atomic E-state index is -2.89. The van der Waals surface area contributed by atoms with Crippen LogP contribution in [-0.4, -0.2) is 45.0 Å². The van der Waals surface area contributed by atoms with Crippen molar-refractivity contribution in [2.24, 2.45) is 10.9 Å². The maximum Gasteiger partial charge on any atom is 0.191 e. The van der Waals surface area contributed by atoms with E-state index in [1.807, 2.05) is 13.0 Å². The summed E-state index contributed by atoms with van der Waals surface area (Å²) in [5, 5.41) is 6.50. The molecule has 1 aromatic carbocycles. The molecule has 1 heterocycles. The molecule has 2 N–H and O–H groups in total. The highest BCUT2D eigenvalue weighted by Gasteiger charge is 2.28. The first kappa shape index (κ1) is 18.8. The molecule has 1 aromatic rings. The molecule has 0 spiro atoms. The van der Waals surface area contributed by atoms with E-state index in [2.05, 4.69) is 48.7 Å². The number of rotatable bonds is 6. The summed E-state index contributed by atoms with van der Waals surface area (Å²) in [5.74, 6) is 1.99. The Morgan fingerprint density at radius 3 is 2.54 bits per heavy atom. The average molecular weight is 352 g/mol. The van der Waals surface area contributed by atoms with E-state index in [0.29, 0.717) is 30.8 Å². The van der Waals surface area contributed by atoms with Gasteiger partial charge in [0.15, 0.2) is 15.8 Å². The lowest BCUT2D eigenvalue weighted by Gasteiger charge is -2.21. The monoisotopic (exact) mass is 351 g/mol. The molecule has 2 rings (SSSR count). The van der Waals surface area contributed by atoms with Crippen molar-refractivity contribution >= 4 is 15.8 Å². The van der Waals surface area contributed by atoms with Gasteiger partial charge in [-0.1, -0.05) is 44.2 Å². The van der Waals surface area contributed by atoms with Gasteiger partial charge in [0.05, 0.1) is 11.5 Å². The quantitative estimate of drug-likeness (QED) is 0.609. The molecule has 0 amide bonds. The van der Waals surface area contributed by atoms with Crippen LogP contribution in [0.3, 0.4) is 0 Å².